The largest absolute Gasteiger partial charge is 0.478 e. The molecule has 0 radical (unpaired) electrons. The predicted octanol–water partition coefficient (Wildman–Crippen LogP) is 1.77. The van der Waals surface area contributed by atoms with Crippen LogP contribution >= 0.6 is 0 Å². The lowest BCUT2D eigenvalue weighted by Gasteiger charge is -2.20. The summed E-state index contributed by atoms with van der Waals surface area (Å²) in [5.41, 5.74) is 0. The molecule has 1 aliphatic rings. The first-order valence-corrected chi connectivity index (χ1v) is 7.03. The zero-order valence-electron chi connectivity index (χ0n) is 11.8. The van der Waals surface area contributed by atoms with Crippen LogP contribution < -0.4 is 5.32 Å². The van der Waals surface area contributed by atoms with Crippen molar-refractivity contribution in [3.8, 4) is 0 Å². The first-order valence-electron chi connectivity index (χ1n) is 7.03. The Kier molecular flexibility index (Phi) is 6.76. The smallest absolute Gasteiger partial charge is 0.328 e. The molecule has 1 atom stereocenters. The number of hydrogen-bond acceptors (Lipinski definition) is 3. The lowest BCUT2D eigenvalue weighted by molar-refractivity contribution is -0.131. The minimum atomic E-state index is -1.22. The molecule has 0 saturated carbocycles. The minimum Gasteiger partial charge on any atom is -0.478 e. The number of urea groups is 1. The molecule has 2 N–H and O–H groups in total. The van der Waals surface area contributed by atoms with Crippen LogP contribution in [0.3, 0.4) is 0 Å². The Bertz CT molecular complexity index is 393. The summed E-state index contributed by atoms with van der Waals surface area (Å²) in [7, 11) is 0. The Morgan fingerprint density at radius 3 is 2.65 bits per heavy atom. The summed E-state index contributed by atoms with van der Waals surface area (Å²) in [6.45, 7) is 3.44. The van der Waals surface area contributed by atoms with E-state index >= 15 is 0 Å². The highest BCUT2D eigenvalue weighted by atomic mass is 16.4. The molecule has 0 spiro atoms. The van der Waals surface area contributed by atoms with Crippen molar-refractivity contribution in [2.24, 2.45) is 5.92 Å². The molecular weight excluding hydrogens is 260 g/mol. The van der Waals surface area contributed by atoms with E-state index in [-0.39, 0.29) is 0 Å². The molecule has 1 unspecified atom stereocenters. The summed E-state index contributed by atoms with van der Waals surface area (Å²) in [6.07, 6.45) is 6.90. The molecule has 0 aliphatic carbocycles. The number of carbonyl (C=O) groups is 3. The molecule has 0 aromatic carbocycles. The number of nitrogens with zero attached hydrogens (tertiary/aromatic N) is 1. The Hall–Kier alpha value is -1.85. The highest BCUT2D eigenvalue weighted by Crippen LogP contribution is 2.21. The van der Waals surface area contributed by atoms with E-state index in [1.807, 2.05) is 0 Å². The van der Waals surface area contributed by atoms with Gasteiger partial charge in [-0.3, -0.25) is 10.1 Å². The molecule has 112 valence electrons. The number of aliphatic carboxylic acids is 1. The van der Waals surface area contributed by atoms with Crippen LogP contribution in [-0.2, 0) is 9.59 Å². The average Bonchev–Trinajstić information content (AvgIpc) is 2.62. The summed E-state index contributed by atoms with van der Waals surface area (Å²) >= 11 is 0. The van der Waals surface area contributed by atoms with Gasteiger partial charge in [0, 0.05) is 25.2 Å². The van der Waals surface area contributed by atoms with E-state index < -0.39 is 17.9 Å². The fourth-order valence-electron chi connectivity index (χ4n) is 2.44. The molecule has 0 aromatic rings. The van der Waals surface area contributed by atoms with Crippen LogP contribution in [-0.4, -0.2) is 41.0 Å². The zero-order valence-corrected chi connectivity index (χ0v) is 11.8. The summed E-state index contributed by atoms with van der Waals surface area (Å²) in [6, 6.07) is -0.442. The van der Waals surface area contributed by atoms with E-state index in [9.17, 15) is 14.4 Å². The van der Waals surface area contributed by atoms with Crippen molar-refractivity contribution >= 4 is 17.9 Å². The Morgan fingerprint density at radius 1 is 1.25 bits per heavy atom. The van der Waals surface area contributed by atoms with Crippen molar-refractivity contribution in [1.29, 1.82) is 0 Å². The van der Waals surface area contributed by atoms with Gasteiger partial charge in [-0.2, -0.15) is 0 Å². The van der Waals surface area contributed by atoms with Gasteiger partial charge in [0.05, 0.1) is 0 Å². The topological polar surface area (TPSA) is 86.7 Å². The number of carbonyl (C=O) groups excluding carboxylic acids is 2. The van der Waals surface area contributed by atoms with Gasteiger partial charge in [0.2, 0.25) is 0 Å². The maximum Gasteiger partial charge on any atom is 0.328 e. The van der Waals surface area contributed by atoms with Crippen LogP contribution in [0.15, 0.2) is 12.2 Å². The van der Waals surface area contributed by atoms with Crippen LogP contribution in [0.1, 0.15) is 39.0 Å². The molecule has 1 fully saturated rings. The van der Waals surface area contributed by atoms with Gasteiger partial charge in [-0.25, -0.2) is 9.59 Å². The first-order chi connectivity index (χ1) is 9.52. The fraction of sp³-hybridized carbons (Fsp3) is 0.643. The van der Waals surface area contributed by atoms with Crippen LogP contribution in [0.2, 0.25) is 0 Å². The van der Waals surface area contributed by atoms with E-state index in [0.29, 0.717) is 25.1 Å². The molecule has 6 nitrogen and oxygen atoms in total. The van der Waals surface area contributed by atoms with Crippen LogP contribution in [0.25, 0.3) is 0 Å². The third-order valence-corrected chi connectivity index (χ3v) is 3.44. The SMILES string of the molecule is CCCC1CCCN(C(=O)NC(=O)C=CC(=O)O)CC1. The number of nitrogens with one attached hydrogen (secondary N) is 1. The second-order valence-corrected chi connectivity index (χ2v) is 5.04. The number of likely N-dealkylation sites (tertiary alicyclic amines) is 1. The third-order valence-electron chi connectivity index (χ3n) is 3.44. The Labute approximate surface area is 118 Å². The molecule has 1 rings (SSSR count). The van der Waals surface area contributed by atoms with Crippen molar-refractivity contribution < 1.29 is 19.5 Å². The van der Waals surface area contributed by atoms with E-state index in [1.54, 1.807) is 4.90 Å². The number of hydrogen-bond donors (Lipinski definition) is 2. The molecule has 1 aliphatic heterocycles. The molecule has 3 amide bonds. The number of carboxylic acids is 1. The second kappa shape index (κ2) is 8.35. The third kappa shape index (κ3) is 5.86. The monoisotopic (exact) mass is 282 g/mol. The van der Waals surface area contributed by atoms with Crippen molar-refractivity contribution in [2.75, 3.05) is 13.1 Å². The second-order valence-electron chi connectivity index (χ2n) is 5.04. The van der Waals surface area contributed by atoms with Gasteiger partial charge in [0.25, 0.3) is 5.91 Å². The molecule has 1 heterocycles. The maximum atomic E-state index is 11.9. The Balaban J connectivity index is 2.43. The average molecular weight is 282 g/mol. The molecule has 0 aromatic heterocycles. The first kappa shape index (κ1) is 16.2. The van der Waals surface area contributed by atoms with Crippen molar-refractivity contribution in [1.82, 2.24) is 10.2 Å². The van der Waals surface area contributed by atoms with Gasteiger partial charge in [-0.1, -0.05) is 19.8 Å². The highest BCUT2D eigenvalue weighted by Gasteiger charge is 2.20. The minimum absolute atomic E-state index is 0.442. The zero-order chi connectivity index (χ0) is 15.0. The Morgan fingerprint density at radius 2 is 2.00 bits per heavy atom. The fourth-order valence-corrected chi connectivity index (χ4v) is 2.44. The predicted molar refractivity (Wildman–Crippen MR) is 74.1 cm³/mol. The quantitative estimate of drug-likeness (QED) is 0.769. The van der Waals surface area contributed by atoms with Crippen LogP contribution in [0.4, 0.5) is 4.79 Å². The van der Waals surface area contributed by atoms with Gasteiger partial charge < -0.3 is 10.0 Å². The van der Waals surface area contributed by atoms with E-state index in [1.165, 1.54) is 6.42 Å². The number of amides is 3. The molecule has 0 bridgehead atoms. The molecule has 20 heavy (non-hydrogen) atoms. The van der Waals surface area contributed by atoms with Gasteiger partial charge in [0.15, 0.2) is 0 Å². The summed E-state index contributed by atoms with van der Waals surface area (Å²) in [5, 5.41) is 10.6. The molecule has 6 heteroatoms. The molecule has 1 saturated heterocycles. The lowest BCUT2D eigenvalue weighted by Crippen LogP contribution is -2.42. The normalized spacial score (nSPS) is 19.6. The number of imide groups is 1. The van der Waals surface area contributed by atoms with Crippen molar-refractivity contribution in [3.05, 3.63) is 12.2 Å². The van der Waals surface area contributed by atoms with E-state index in [0.717, 1.165) is 31.8 Å². The van der Waals surface area contributed by atoms with Gasteiger partial charge in [0.1, 0.15) is 0 Å². The number of carboxylic acid groups (broad SMARTS) is 1. The van der Waals surface area contributed by atoms with Gasteiger partial charge >= 0.3 is 12.0 Å². The summed E-state index contributed by atoms with van der Waals surface area (Å²) in [5.74, 6) is -1.27. The summed E-state index contributed by atoms with van der Waals surface area (Å²) < 4.78 is 0. The van der Waals surface area contributed by atoms with Crippen molar-refractivity contribution in [3.63, 3.8) is 0 Å². The van der Waals surface area contributed by atoms with Crippen LogP contribution in [0, 0.1) is 5.92 Å². The van der Waals surface area contributed by atoms with Crippen LogP contribution in [0.5, 0.6) is 0 Å². The number of rotatable bonds is 4. The standard InChI is InChI=1S/C14H22N2O4/c1-2-4-11-5-3-9-16(10-8-11)14(20)15-12(17)6-7-13(18)19/h6-7,11H,2-5,8-10H2,1H3,(H,18,19)(H,15,17,20). The summed E-state index contributed by atoms with van der Waals surface area (Å²) in [4.78, 5) is 35.1. The van der Waals surface area contributed by atoms with E-state index in [2.05, 4.69) is 12.2 Å². The van der Waals surface area contributed by atoms with Crippen molar-refractivity contribution in [2.45, 2.75) is 39.0 Å². The van der Waals surface area contributed by atoms with Gasteiger partial charge in [-0.05, 0) is 25.2 Å². The van der Waals surface area contributed by atoms with Gasteiger partial charge in [-0.15, -0.1) is 0 Å². The lowest BCUT2D eigenvalue weighted by atomic mass is 9.96. The maximum absolute atomic E-state index is 11.9. The molecular formula is C14H22N2O4. The van der Waals surface area contributed by atoms with E-state index in [4.69, 9.17) is 5.11 Å². The highest BCUT2D eigenvalue weighted by molar-refractivity contribution is 6.02.